The third-order valence-corrected chi connectivity index (χ3v) is 5.28. The van der Waals surface area contributed by atoms with Crippen molar-refractivity contribution in [2.45, 2.75) is 6.42 Å². The van der Waals surface area contributed by atoms with E-state index in [9.17, 15) is 0 Å². The minimum atomic E-state index is 0. The van der Waals surface area contributed by atoms with Crippen LogP contribution in [0.4, 0.5) is 0 Å². The maximum atomic E-state index is 3.36. The summed E-state index contributed by atoms with van der Waals surface area (Å²) in [5.74, 6) is 0. The standard InChI is InChI=1S/C9H7.C7H8P.2FH.Zr/c1-2-5-9-7-3-6-8(9)4-1;1-8-5-6-3-2-4-7(6)8;;;/h1-7H;3H,2,5H2,1H3;2*1H;/q2*-1;;;+4/p-2. The summed E-state index contributed by atoms with van der Waals surface area (Å²) in [6.07, 6.45) is 8.13. The molecule has 1 unspecified atom stereocenters. The van der Waals surface area contributed by atoms with E-state index in [1.165, 1.54) is 16.9 Å². The van der Waals surface area contributed by atoms with Crippen LogP contribution in [-0.4, -0.2) is 12.8 Å². The molecule has 1 aliphatic carbocycles. The van der Waals surface area contributed by atoms with Crippen LogP contribution >= 0.6 is 7.92 Å². The number of allylic oxidation sites excluding steroid dienone is 4. The topological polar surface area (TPSA) is 0 Å². The zero-order valence-electron chi connectivity index (χ0n) is 11.2. The van der Waals surface area contributed by atoms with Crippen LogP contribution in [-0.2, 0) is 26.2 Å². The second-order valence-corrected chi connectivity index (χ2v) is 6.63. The molecule has 1 heterocycles. The van der Waals surface area contributed by atoms with Gasteiger partial charge in [0.2, 0.25) is 0 Å². The fourth-order valence-corrected chi connectivity index (χ4v) is 4.02. The number of hydrogen-bond donors (Lipinski definition) is 0. The Morgan fingerprint density at radius 1 is 1.15 bits per heavy atom. The number of hydrogen-bond acceptors (Lipinski definition) is 0. The van der Waals surface area contributed by atoms with Crippen molar-refractivity contribution in [2.24, 2.45) is 0 Å². The molecule has 4 heteroatoms. The van der Waals surface area contributed by atoms with E-state index >= 15 is 0 Å². The van der Waals surface area contributed by atoms with E-state index < -0.39 is 0 Å². The summed E-state index contributed by atoms with van der Waals surface area (Å²) in [6, 6.07) is 14.7. The molecule has 2 aromatic carbocycles. The molecule has 1 aliphatic heterocycles. The Balaban J connectivity index is 0.000000315. The van der Waals surface area contributed by atoms with Crippen molar-refractivity contribution < 1.29 is 35.6 Å². The Hall–Kier alpha value is -0.517. The SMILES string of the molecule is CP1CC2=CC[C-]=C21.[F-].[F-].[Zr+4].c1ccc2[cH-]ccc2c1. The summed E-state index contributed by atoms with van der Waals surface area (Å²) < 4.78 is 0. The quantitative estimate of drug-likeness (QED) is 0.401. The van der Waals surface area contributed by atoms with Gasteiger partial charge in [-0.05, 0) is 6.66 Å². The van der Waals surface area contributed by atoms with Crippen LogP contribution in [0.1, 0.15) is 6.42 Å². The van der Waals surface area contributed by atoms with Gasteiger partial charge in [-0.2, -0.15) is 34.5 Å². The van der Waals surface area contributed by atoms with Crippen LogP contribution in [0.3, 0.4) is 0 Å². The third kappa shape index (κ3) is 3.99. The molecule has 1 atom stereocenters. The van der Waals surface area contributed by atoms with Gasteiger partial charge < -0.3 is 9.41 Å². The molecule has 2 aromatic rings. The molecule has 0 N–H and O–H groups in total. The monoisotopic (exact) mass is 366 g/mol. The Kier molecular flexibility index (Phi) is 8.47. The first-order chi connectivity index (χ1) is 8.34. The van der Waals surface area contributed by atoms with Crippen LogP contribution in [0.25, 0.3) is 10.8 Å². The molecule has 0 spiro atoms. The molecule has 20 heavy (non-hydrogen) atoms. The van der Waals surface area contributed by atoms with Crippen molar-refractivity contribution in [2.75, 3.05) is 12.8 Å². The van der Waals surface area contributed by atoms with Crippen molar-refractivity contribution in [3.05, 3.63) is 65.5 Å². The second kappa shape index (κ2) is 8.70. The Morgan fingerprint density at radius 3 is 2.50 bits per heavy atom. The molecular weight excluding hydrogens is 352 g/mol. The minimum absolute atomic E-state index is 0. The summed E-state index contributed by atoms with van der Waals surface area (Å²) >= 11 is 0. The molecule has 4 rings (SSSR count). The molecule has 0 amide bonds. The molecule has 0 bridgehead atoms. The summed E-state index contributed by atoms with van der Waals surface area (Å²) in [5.41, 5.74) is 1.60. The molecule has 0 aromatic heterocycles. The molecule has 0 saturated carbocycles. The van der Waals surface area contributed by atoms with Gasteiger partial charge in [-0.25, -0.2) is 0 Å². The predicted octanol–water partition coefficient (Wildman–Crippen LogP) is -1.31. The maximum Gasteiger partial charge on any atom is 4.00 e. The van der Waals surface area contributed by atoms with Crippen molar-refractivity contribution in [1.29, 1.82) is 0 Å². The van der Waals surface area contributed by atoms with Gasteiger partial charge in [-0.15, -0.1) is 44.0 Å². The molecule has 0 radical (unpaired) electrons. The maximum absolute atomic E-state index is 3.36. The fourth-order valence-electron chi connectivity index (χ4n) is 2.31. The predicted molar refractivity (Wildman–Crippen MR) is 76.7 cm³/mol. The van der Waals surface area contributed by atoms with Crippen LogP contribution in [0.15, 0.2) is 59.4 Å². The van der Waals surface area contributed by atoms with E-state index in [-0.39, 0.29) is 43.5 Å². The molecule has 1 saturated heterocycles. The van der Waals surface area contributed by atoms with Crippen LogP contribution in [0.2, 0.25) is 0 Å². The zero-order valence-corrected chi connectivity index (χ0v) is 14.6. The van der Waals surface area contributed by atoms with Crippen molar-refractivity contribution in [3.8, 4) is 0 Å². The first kappa shape index (κ1) is 19.5. The van der Waals surface area contributed by atoms with Crippen molar-refractivity contribution in [1.82, 2.24) is 0 Å². The molecule has 1 fully saturated rings. The van der Waals surface area contributed by atoms with E-state index in [2.05, 4.69) is 61.3 Å². The summed E-state index contributed by atoms with van der Waals surface area (Å²) in [6.45, 7) is 2.33. The van der Waals surface area contributed by atoms with E-state index in [1.54, 1.807) is 10.9 Å². The van der Waals surface area contributed by atoms with E-state index in [0.717, 1.165) is 6.42 Å². The van der Waals surface area contributed by atoms with Crippen molar-refractivity contribution in [3.63, 3.8) is 0 Å². The van der Waals surface area contributed by atoms with Gasteiger partial charge in [0.05, 0.1) is 0 Å². The van der Waals surface area contributed by atoms with E-state index in [0.29, 0.717) is 0 Å². The van der Waals surface area contributed by atoms with Gasteiger partial charge >= 0.3 is 26.2 Å². The third-order valence-electron chi connectivity index (χ3n) is 3.26. The number of halogens is 2. The average Bonchev–Trinajstić information content (AvgIpc) is 2.94. The molecular formula is C16H15F2PZr. The number of benzene rings is 1. The summed E-state index contributed by atoms with van der Waals surface area (Å²) in [4.78, 5) is 0. The molecule has 2 aliphatic rings. The van der Waals surface area contributed by atoms with Crippen LogP contribution in [0.5, 0.6) is 0 Å². The van der Waals surface area contributed by atoms with Gasteiger partial charge in [0.1, 0.15) is 0 Å². The van der Waals surface area contributed by atoms with Gasteiger partial charge in [-0.3, -0.25) is 6.08 Å². The minimum Gasteiger partial charge on any atom is -1.00 e. The first-order valence-electron chi connectivity index (χ1n) is 5.96. The second-order valence-electron chi connectivity index (χ2n) is 4.47. The fraction of sp³-hybridized carbons (Fsp3) is 0.188. The van der Waals surface area contributed by atoms with Gasteiger partial charge in [0.15, 0.2) is 0 Å². The number of rotatable bonds is 0. The zero-order chi connectivity index (χ0) is 11.7. The van der Waals surface area contributed by atoms with E-state index in [4.69, 9.17) is 0 Å². The average molecular weight is 367 g/mol. The number of fused-ring (bicyclic) bond motifs is 2. The Morgan fingerprint density at radius 2 is 1.90 bits per heavy atom. The molecule has 102 valence electrons. The van der Waals surface area contributed by atoms with E-state index in [1.807, 2.05) is 0 Å². The summed E-state index contributed by atoms with van der Waals surface area (Å²) in [5, 5.41) is 4.23. The normalized spacial score (nSPS) is 17.8. The van der Waals surface area contributed by atoms with Crippen molar-refractivity contribution >= 4 is 18.7 Å². The first-order valence-corrected chi connectivity index (χ1v) is 7.94. The Bertz CT molecular complexity index is 571. The van der Waals surface area contributed by atoms with Crippen LogP contribution < -0.4 is 9.41 Å². The largest absolute Gasteiger partial charge is 4.00 e. The van der Waals surface area contributed by atoms with Gasteiger partial charge in [-0.1, -0.05) is 12.2 Å². The van der Waals surface area contributed by atoms with Gasteiger partial charge in [0, 0.05) is 0 Å². The smallest absolute Gasteiger partial charge is 1.00 e. The molecule has 0 nitrogen and oxygen atoms in total. The Labute approximate surface area is 138 Å². The van der Waals surface area contributed by atoms with Gasteiger partial charge in [0.25, 0.3) is 0 Å². The van der Waals surface area contributed by atoms with Crippen LogP contribution in [0, 0.1) is 6.08 Å². The summed E-state index contributed by atoms with van der Waals surface area (Å²) in [7, 11) is 0.279.